The average Bonchev–Trinajstić information content (AvgIpc) is 3.07. The number of hydrogen-bond acceptors (Lipinski definition) is 8. The van der Waals surface area contributed by atoms with Crippen LogP contribution in [0.5, 0.6) is 17.2 Å². The van der Waals surface area contributed by atoms with E-state index in [-0.39, 0.29) is 19.1 Å². The summed E-state index contributed by atoms with van der Waals surface area (Å²) in [5.41, 5.74) is 6.67. The summed E-state index contributed by atoms with van der Waals surface area (Å²) in [4.78, 5) is 12.0. The van der Waals surface area contributed by atoms with Gasteiger partial charge in [0.1, 0.15) is 19.8 Å². The number of carbonyl (C=O) groups is 1. The Morgan fingerprint density at radius 1 is 0.935 bits per heavy atom. The standard InChI is InChI=1S/C36H39N3O6.Am/c1-6-24-8-11-27(42-5)20-31(24)43-15-16-44-34-18-25(9-14-30(34)38-22-35(40)41)36-28-12-7-23(21-37-2)17-32(28)45-33-19-26(39(3)4)10-13-29(33)36;/h7-14,17-20,37H,6,15-16,21-22H2,1-5H3,(H,40,41);/q;+1. The second-order valence-corrected chi connectivity index (χ2v) is 11.6. The molecule has 0 atom stereocenters. The fraction of sp³-hybridized carbons (Fsp3) is 0.278. The van der Waals surface area contributed by atoms with Crippen LogP contribution in [0.2, 0.25) is 0 Å². The molecule has 0 saturated carbocycles. The van der Waals surface area contributed by atoms with Gasteiger partial charge in [-0.25, -0.2) is 4.58 Å². The van der Waals surface area contributed by atoms with Gasteiger partial charge in [-0.05, 0) is 25.1 Å². The molecule has 2 aliphatic rings. The molecule has 0 aromatic heterocycles. The van der Waals surface area contributed by atoms with Gasteiger partial charge < -0.3 is 10.1 Å². The molecule has 1 aliphatic heterocycles. The zero-order chi connectivity index (χ0) is 32.6. The number of nitrogens with zero attached hydrogens (tertiary/aromatic N) is 1. The van der Waals surface area contributed by atoms with E-state index in [0.717, 1.165) is 74.4 Å². The first kappa shape index (κ1) is 32.8. The van der Waals surface area contributed by atoms with E-state index < -0.39 is 0 Å². The minimum absolute atomic E-state index is 0.0308. The molecule has 46 heavy (non-hydrogen) atoms. The van der Waals surface area contributed by atoms with Crippen LogP contribution in [0, 0.1) is 13.7 Å². The predicted octanol–water partition coefficient (Wildman–Crippen LogP) is 5.40. The molecule has 10 heteroatoms. The topological polar surface area (TPSA) is 94.2 Å². The Balaban J connectivity index is 1.54. The van der Waals surface area contributed by atoms with Gasteiger partial charge in [0.15, 0.2) is 0 Å². The van der Waals surface area contributed by atoms with Gasteiger partial charge >= 0.3 is 184 Å². The van der Waals surface area contributed by atoms with Crippen LogP contribution in [0.15, 0.2) is 77.2 Å². The molecule has 0 bridgehead atoms. The molecule has 0 radical (unpaired) electrons. The average molecular weight is 853 g/mol. The van der Waals surface area contributed by atoms with Crippen molar-refractivity contribution in [2.45, 2.75) is 19.9 Å². The molecule has 1 aliphatic carbocycles. The van der Waals surface area contributed by atoms with Crippen LogP contribution in [-0.4, -0.2) is 54.0 Å². The van der Waals surface area contributed by atoms with Crippen molar-refractivity contribution in [2.75, 3.05) is 53.3 Å². The van der Waals surface area contributed by atoms with Crippen LogP contribution in [-0.2, 0) is 21.9 Å². The van der Waals surface area contributed by atoms with E-state index in [1.165, 1.54) is 0 Å². The Morgan fingerprint density at radius 3 is 2.46 bits per heavy atom. The molecular formula is C36H39AmN3O6+. The summed E-state index contributed by atoms with van der Waals surface area (Å²) in [6, 6.07) is 24.4. The number of benzene rings is 4. The SMILES string of the molecule is CCc1ccc(OC)cc1OCCOc1cc(-c2c3ccc(=[N+](C)C)cc-3oc3cc(CNC)ccc23)ccc1NCC(=O)[O][Am]. The molecule has 9 nitrogen and oxygen atoms in total. The molecule has 240 valence electrons. The number of methoxy groups -OCH3 is 1. The molecule has 0 spiro atoms. The number of aryl methyl sites for hydroxylation is 1. The zero-order valence-electron chi connectivity index (χ0n) is 26.7. The van der Waals surface area contributed by atoms with Crippen molar-refractivity contribution >= 4 is 22.6 Å². The second-order valence-electron chi connectivity index (χ2n) is 11.0. The van der Waals surface area contributed by atoms with Crippen LogP contribution in [0.1, 0.15) is 18.1 Å². The molecular weight excluding hydrogens is 813 g/mol. The van der Waals surface area contributed by atoms with Crippen molar-refractivity contribution in [2.24, 2.45) is 0 Å². The van der Waals surface area contributed by atoms with Crippen molar-refractivity contribution < 1.29 is 41.2 Å². The Hall–Kier alpha value is -4.63. The van der Waals surface area contributed by atoms with E-state index in [0.29, 0.717) is 31.7 Å². The Kier molecular flexibility index (Phi) is 10.8. The fourth-order valence-corrected chi connectivity index (χ4v) is 5.58. The molecule has 0 fully saturated rings. The summed E-state index contributed by atoms with van der Waals surface area (Å²) in [5.74, 6) is 2.56. The number of hydrogen-bond donors (Lipinski definition) is 2. The monoisotopic (exact) mass is 850 g/mol. The predicted molar refractivity (Wildman–Crippen MR) is 176 cm³/mol. The van der Waals surface area contributed by atoms with Crippen molar-refractivity contribution in [3.8, 4) is 39.7 Å². The van der Waals surface area contributed by atoms with Crippen molar-refractivity contribution in [1.29, 1.82) is 0 Å². The minimum atomic E-state index is -0.328. The third-order valence-electron chi connectivity index (χ3n) is 7.70. The molecule has 5 rings (SSSR count). The molecule has 3 aromatic rings. The zero-order valence-corrected chi connectivity index (χ0v) is 29.9. The van der Waals surface area contributed by atoms with Gasteiger partial charge in [-0.3, -0.25) is 0 Å². The van der Waals surface area contributed by atoms with Crippen molar-refractivity contribution in [3.05, 3.63) is 89.3 Å². The summed E-state index contributed by atoms with van der Waals surface area (Å²) in [7, 11) is 7.60. The normalized spacial score (nSPS) is 11.0. The molecule has 0 saturated heterocycles. The first-order chi connectivity index (χ1) is 22.3. The van der Waals surface area contributed by atoms with Crippen LogP contribution >= 0.6 is 0 Å². The van der Waals surface area contributed by atoms with Gasteiger partial charge in [-0.1, -0.05) is 13.0 Å². The van der Waals surface area contributed by atoms with E-state index in [2.05, 4.69) is 58.5 Å². The number of anilines is 1. The van der Waals surface area contributed by atoms with Crippen LogP contribution in [0.4, 0.5) is 5.69 Å². The molecule has 0 amide bonds. The number of nitrogens with one attached hydrogen (secondary N) is 2. The maximum absolute atomic E-state index is 12.0. The van der Waals surface area contributed by atoms with Crippen molar-refractivity contribution in [3.63, 3.8) is 0 Å². The van der Waals surface area contributed by atoms with Gasteiger partial charge in [0, 0.05) is 6.54 Å². The van der Waals surface area contributed by atoms with Gasteiger partial charge in [-0.2, -0.15) is 0 Å². The van der Waals surface area contributed by atoms with Gasteiger partial charge in [0.25, 0.3) is 0 Å². The van der Waals surface area contributed by atoms with E-state index in [4.69, 9.17) is 22.7 Å². The second kappa shape index (κ2) is 15.1. The summed E-state index contributed by atoms with van der Waals surface area (Å²) in [6.45, 7) is 3.46. The summed E-state index contributed by atoms with van der Waals surface area (Å²) in [6.07, 6.45) is 0.837. The quantitative estimate of drug-likeness (QED) is 0.0925. The first-order valence-electron chi connectivity index (χ1n) is 15.1. The van der Waals surface area contributed by atoms with Gasteiger partial charge in [-0.15, -0.1) is 0 Å². The molecule has 2 N–H and O–H groups in total. The molecule has 0 unspecified atom stereocenters. The van der Waals surface area contributed by atoms with E-state index in [1.807, 2.05) is 57.5 Å². The summed E-state index contributed by atoms with van der Waals surface area (Å²) in [5, 5.41) is 8.44. The van der Waals surface area contributed by atoms with Crippen LogP contribution in [0.3, 0.4) is 0 Å². The van der Waals surface area contributed by atoms with Crippen LogP contribution < -0.4 is 34.8 Å². The molecule has 3 aromatic carbocycles. The van der Waals surface area contributed by atoms with Crippen molar-refractivity contribution in [1.82, 2.24) is 9.89 Å². The Morgan fingerprint density at radius 2 is 1.74 bits per heavy atom. The Labute approximate surface area is 275 Å². The third-order valence-corrected chi connectivity index (χ3v) is 8.42. The number of fused-ring (bicyclic) bond motifs is 2. The number of carbonyl (C=O) groups excluding carboxylic acids is 1. The maximum atomic E-state index is 12.0. The Bertz CT molecular complexity index is 1880. The van der Waals surface area contributed by atoms with Gasteiger partial charge in [0.2, 0.25) is 5.36 Å². The third kappa shape index (κ3) is 7.42. The van der Waals surface area contributed by atoms with E-state index in [1.54, 1.807) is 7.11 Å². The summed E-state index contributed by atoms with van der Waals surface area (Å²) < 4.78 is 31.4. The number of ether oxygens (including phenoxy) is 3. The van der Waals surface area contributed by atoms with Gasteiger partial charge in [0.05, 0.1) is 7.11 Å². The van der Waals surface area contributed by atoms with E-state index in [9.17, 15) is 4.79 Å². The first-order valence-corrected chi connectivity index (χ1v) is 16.4. The number of rotatable bonds is 13. The fourth-order valence-electron chi connectivity index (χ4n) is 5.36. The summed E-state index contributed by atoms with van der Waals surface area (Å²) >= 11 is 0.572. The molecule has 1 heterocycles. The van der Waals surface area contributed by atoms with Crippen LogP contribution in [0.25, 0.3) is 33.4 Å². The van der Waals surface area contributed by atoms with E-state index >= 15 is 0 Å².